The molecule has 0 radical (unpaired) electrons. The molecule has 1 aromatic rings. The molecule has 0 heterocycles. The van der Waals surface area contributed by atoms with Gasteiger partial charge in [-0.3, -0.25) is 0 Å². The molecule has 1 aromatic carbocycles. The molecule has 0 saturated heterocycles. The molecule has 1 aliphatic rings. The lowest BCUT2D eigenvalue weighted by Crippen LogP contribution is -2.07. The summed E-state index contributed by atoms with van der Waals surface area (Å²) in [5.74, 6) is 0. The number of anilines is 1. The lowest BCUT2D eigenvalue weighted by Gasteiger charge is -2.11. The Kier molecular flexibility index (Phi) is 5.45. The number of hydrogen-bond acceptors (Lipinski definition) is 1. The molecule has 0 aromatic heterocycles. The maximum absolute atomic E-state index is 6.09. The second kappa shape index (κ2) is 6.93. The molecule has 0 unspecified atom stereocenters. The number of halogens is 4. The first kappa shape index (κ1) is 16.5. The molecule has 1 nitrogen and oxygen atoms in total. The fourth-order valence-corrected chi connectivity index (χ4v) is 2.85. The van der Waals surface area contributed by atoms with Gasteiger partial charge in [0.2, 0.25) is 0 Å². The minimum atomic E-state index is 0.290. The van der Waals surface area contributed by atoms with Gasteiger partial charge in [-0.25, -0.2) is 0 Å². The minimum absolute atomic E-state index is 0.290. The van der Waals surface area contributed by atoms with Gasteiger partial charge in [-0.05, 0) is 17.7 Å². The molecule has 1 aliphatic carbocycles. The van der Waals surface area contributed by atoms with Gasteiger partial charge in [0.05, 0.1) is 20.1 Å². The van der Waals surface area contributed by atoms with E-state index in [0.717, 1.165) is 11.3 Å². The van der Waals surface area contributed by atoms with Gasteiger partial charge in [0, 0.05) is 25.4 Å². The fraction of sp³-hybridized carbons (Fsp3) is 0.125. The number of allylic oxidation sites excluding steroid dienone is 7. The molecule has 0 bridgehead atoms. The highest BCUT2D eigenvalue weighted by Gasteiger charge is 2.24. The van der Waals surface area contributed by atoms with Crippen LogP contribution in [0.3, 0.4) is 0 Å². The topological polar surface area (TPSA) is 3.24 Å². The van der Waals surface area contributed by atoms with Crippen molar-refractivity contribution in [2.75, 3.05) is 19.0 Å². The van der Waals surface area contributed by atoms with Gasteiger partial charge in [-0.15, -0.1) is 0 Å². The lowest BCUT2D eigenvalue weighted by atomic mass is 10.1. The van der Waals surface area contributed by atoms with Crippen LogP contribution < -0.4 is 4.90 Å². The Morgan fingerprint density at radius 1 is 0.810 bits per heavy atom. The molecule has 0 saturated carbocycles. The summed E-state index contributed by atoms with van der Waals surface area (Å²) in [5.41, 5.74) is 2.86. The first-order valence-electron chi connectivity index (χ1n) is 6.19. The highest BCUT2D eigenvalue weighted by atomic mass is 35.5. The molecule has 21 heavy (non-hydrogen) atoms. The van der Waals surface area contributed by atoms with Crippen LogP contribution in [0, 0.1) is 0 Å². The highest BCUT2D eigenvalue weighted by Crippen LogP contribution is 2.44. The van der Waals surface area contributed by atoms with Crippen molar-refractivity contribution in [2.45, 2.75) is 0 Å². The number of benzene rings is 1. The first-order valence-corrected chi connectivity index (χ1v) is 7.70. The van der Waals surface area contributed by atoms with Crippen molar-refractivity contribution in [3.8, 4) is 0 Å². The molecule has 0 atom stereocenters. The maximum atomic E-state index is 6.09. The summed E-state index contributed by atoms with van der Waals surface area (Å²) in [6.07, 6.45) is 5.62. The van der Waals surface area contributed by atoms with Crippen LogP contribution in [0.25, 0.3) is 6.08 Å². The Balaban J connectivity index is 2.18. The smallest absolute Gasteiger partial charge is 0.0800 e. The van der Waals surface area contributed by atoms with E-state index in [1.165, 1.54) is 0 Å². The van der Waals surface area contributed by atoms with E-state index in [0.29, 0.717) is 25.7 Å². The average molecular weight is 361 g/mol. The zero-order valence-corrected chi connectivity index (χ0v) is 14.5. The second-order valence-corrected chi connectivity index (χ2v) is 6.19. The van der Waals surface area contributed by atoms with Gasteiger partial charge in [0.25, 0.3) is 0 Å². The van der Waals surface area contributed by atoms with Gasteiger partial charge >= 0.3 is 0 Å². The summed E-state index contributed by atoms with van der Waals surface area (Å²) in [6, 6.07) is 8.17. The SMILES string of the molecule is CN(C)c1ccc(/C=C/C=C2C(Cl)=C(Cl)C(Cl)=C2Cl)cc1. The molecule has 5 heteroatoms. The molecular formula is C16H13Cl4N. The highest BCUT2D eigenvalue weighted by molar-refractivity contribution is 6.55. The first-order chi connectivity index (χ1) is 9.91. The van der Waals surface area contributed by atoms with Crippen molar-refractivity contribution in [1.82, 2.24) is 0 Å². The summed E-state index contributed by atoms with van der Waals surface area (Å²) in [6.45, 7) is 0. The van der Waals surface area contributed by atoms with Crippen LogP contribution >= 0.6 is 46.4 Å². The van der Waals surface area contributed by atoms with Crippen molar-refractivity contribution < 1.29 is 0 Å². The van der Waals surface area contributed by atoms with Crippen LogP contribution in [-0.2, 0) is 0 Å². The van der Waals surface area contributed by atoms with E-state index in [1.54, 1.807) is 6.08 Å². The summed E-state index contributed by atoms with van der Waals surface area (Å²) >= 11 is 24.1. The van der Waals surface area contributed by atoms with E-state index < -0.39 is 0 Å². The predicted molar refractivity (Wildman–Crippen MR) is 95.4 cm³/mol. The van der Waals surface area contributed by atoms with Gasteiger partial charge < -0.3 is 4.90 Å². The molecule has 0 N–H and O–H groups in total. The summed E-state index contributed by atoms with van der Waals surface area (Å²) in [5, 5.41) is 1.33. The van der Waals surface area contributed by atoms with Crippen molar-refractivity contribution in [3.63, 3.8) is 0 Å². The third kappa shape index (κ3) is 3.67. The maximum Gasteiger partial charge on any atom is 0.0800 e. The third-order valence-electron chi connectivity index (χ3n) is 3.01. The summed E-state index contributed by atoms with van der Waals surface area (Å²) in [7, 11) is 4.01. The largest absolute Gasteiger partial charge is 0.378 e. The minimum Gasteiger partial charge on any atom is -0.378 e. The van der Waals surface area contributed by atoms with Crippen LogP contribution in [0.5, 0.6) is 0 Å². The third-order valence-corrected chi connectivity index (χ3v) is 4.84. The van der Waals surface area contributed by atoms with E-state index in [9.17, 15) is 0 Å². The molecule has 0 amide bonds. The number of nitrogens with zero attached hydrogens (tertiary/aromatic N) is 1. The van der Waals surface area contributed by atoms with E-state index in [4.69, 9.17) is 46.4 Å². The Labute approximate surface area is 144 Å². The summed E-state index contributed by atoms with van der Waals surface area (Å²) < 4.78 is 0. The van der Waals surface area contributed by atoms with E-state index in [2.05, 4.69) is 12.1 Å². The fourth-order valence-electron chi connectivity index (χ4n) is 1.81. The molecule has 0 aliphatic heterocycles. The van der Waals surface area contributed by atoms with Crippen molar-refractivity contribution in [2.24, 2.45) is 0 Å². The molecule has 110 valence electrons. The Morgan fingerprint density at radius 3 is 1.81 bits per heavy atom. The van der Waals surface area contributed by atoms with E-state index in [-0.39, 0.29) is 0 Å². The average Bonchev–Trinajstić information content (AvgIpc) is 2.65. The van der Waals surface area contributed by atoms with Crippen molar-refractivity contribution in [1.29, 1.82) is 0 Å². The summed E-state index contributed by atoms with van der Waals surface area (Å²) in [4.78, 5) is 2.05. The van der Waals surface area contributed by atoms with E-state index >= 15 is 0 Å². The molecule has 0 fully saturated rings. The van der Waals surface area contributed by atoms with Crippen LogP contribution in [0.4, 0.5) is 5.69 Å². The van der Waals surface area contributed by atoms with Crippen LogP contribution in [0.2, 0.25) is 0 Å². The Bertz CT molecular complexity index is 638. The van der Waals surface area contributed by atoms with Crippen LogP contribution in [-0.4, -0.2) is 14.1 Å². The standard InChI is InChI=1S/C16H13Cl4N/c1-21(2)11-8-6-10(7-9-11)4-3-5-12-13(17)15(19)16(20)14(12)18/h3-9H,1-2H3/b4-3+. The van der Waals surface area contributed by atoms with Gasteiger partial charge in [-0.2, -0.15) is 0 Å². The molecular weight excluding hydrogens is 348 g/mol. The predicted octanol–water partition coefficient (Wildman–Crippen LogP) is 6.08. The monoisotopic (exact) mass is 359 g/mol. The normalized spacial score (nSPS) is 15.4. The quantitative estimate of drug-likeness (QED) is 0.630. The second-order valence-electron chi connectivity index (χ2n) is 4.68. The lowest BCUT2D eigenvalue weighted by molar-refractivity contribution is 1.13. The van der Waals surface area contributed by atoms with E-state index in [1.807, 2.05) is 43.3 Å². The van der Waals surface area contributed by atoms with Crippen molar-refractivity contribution in [3.05, 3.63) is 67.7 Å². The zero-order chi connectivity index (χ0) is 15.6. The van der Waals surface area contributed by atoms with Gasteiger partial charge in [0.1, 0.15) is 0 Å². The van der Waals surface area contributed by atoms with Crippen LogP contribution in [0.15, 0.2) is 62.1 Å². The number of hydrogen-bond donors (Lipinski definition) is 0. The van der Waals surface area contributed by atoms with Gasteiger partial charge in [-0.1, -0.05) is 76.8 Å². The van der Waals surface area contributed by atoms with Crippen LogP contribution in [0.1, 0.15) is 5.56 Å². The van der Waals surface area contributed by atoms with Gasteiger partial charge in [0.15, 0.2) is 0 Å². The Morgan fingerprint density at radius 2 is 1.33 bits per heavy atom. The molecule has 2 rings (SSSR count). The Hall–Kier alpha value is -0.860. The zero-order valence-electron chi connectivity index (χ0n) is 11.5. The number of rotatable bonds is 3. The molecule has 0 spiro atoms. The van der Waals surface area contributed by atoms with Crippen molar-refractivity contribution >= 4 is 58.2 Å².